The number of ether oxygens (including phenoxy) is 1. The van der Waals surface area contributed by atoms with Gasteiger partial charge in [-0.15, -0.1) is 0 Å². The van der Waals surface area contributed by atoms with Gasteiger partial charge in [0.15, 0.2) is 6.10 Å². The van der Waals surface area contributed by atoms with E-state index in [-0.39, 0.29) is 5.56 Å². The lowest BCUT2D eigenvalue weighted by molar-refractivity contribution is 0.0372. The molecule has 106 valence electrons. The van der Waals surface area contributed by atoms with Crippen molar-refractivity contribution in [1.29, 1.82) is 0 Å². The van der Waals surface area contributed by atoms with E-state index in [0.717, 1.165) is 0 Å². The van der Waals surface area contributed by atoms with E-state index >= 15 is 0 Å². The van der Waals surface area contributed by atoms with Crippen LogP contribution in [0.15, 0.2) is 36.4 Å². The minimum absolute atomic E-state index is 0.0709. The molecular formula is C17H19FO2. The number of halogens is 1. The van der Waals surface area contributed by atoms with Gasteiger partial charge >= 0.3 is 5.97 Å². The van der Waals surface area contributed by atoms with E-state index in [2.05, 4.69) is 18.4 Å². The van der Waals surface area contributed by atoms with Gasteiger partial charge in [-0.3, -0.25) is 0 Å². The van der Waals surface area contributed by atoms with Crippen LogP contribution >= 0.6 is 0 Å². The number of hydrogen-bond donors (Lipinski definition) is 0. The standard InChI is InChI=1S/C17H19FO2/c1-12(2)9-10-14(11-13(3)4)20-17(19)15-7-5-6-8-16(15)18/h5-8,13-14H,1,11H2,2-4H3. The lowest BCUT2D eigenvalue weighted by Gasteiger charge is -2.14. The molecule has 1 aromatic rings. The van der Waals surface area contributed by atoms with Crippen LogP contribution in [0.1, 0.15) is 37.6 Å². The molecule has 0 saturated carbocycles. The van der Waals surface area contributed by atoms with Gasteiger partial charge in [0.2, 0.25) is 0 Å². The molecule has 0 aromatic heterocycles. The molecule has 3 heteroatoms. The molecule has 0 heterocycles. The van der Waals surface area contributed by atoms with Gasteiger partial charge in [0.05, 0.1) is 5.56 Å². The van der Waals surface area contributed by atoms with Crippen molar-refractivity contribution in [2.75, 3.05) is 0 Å². The summed E-state index contributed by atoms with van der Waals surface area (Å²) in [4.78, 5) is 11.9. The zero-order valence-corrected chi connectivity index (χ0v) is 12.1. The number of benzene rings is 1. The van der Waals surface area contributed by atoms with Gasteiger partial charge in [-0.1, -0.05) is 44.4 Å². The monoisotopic (exact) mass is 274 g/mol. The molecule has 1 unspecified atom stereocenters. The van der Waals surface area contributed by atoms with Gasteiger partial charge in [0.1, 0.15) is 5.82 Å². The summed E-state index contributed by atoms with van der Waals surface area (Å²) < 4.78 is 18.8. The van der Waals surface area contributed by atoms with E-state index in [1.54, 1.807) is 13.0 Å². The molecule has 0 amide bonds. The molecule has 1 rings (SSSR count). The maximum atomic E-state index is 13.5. The molecule has 0 fully saturated rings. The summed E-state index contributed by atoms with van der Waals surface area (Å²) >= 11 is 0. The molecule has 0 bridgehead atoms. The second-order valence-corrected chi connectivity index (χ2v) is 5.05. The SMILES string of the molecule is C=C(C)C#CC(CC(C)C)OC(=O)c1ccccc1F. The van der Waals surface area contributed by atoms with Crippen molar-refractivity contribution in [2.24, 2.45) is 5.92 Å². The highest BCUT2D eigenvalue weighted by Crippen LogP contribution is 2.13. The molecule has 0 aliphatic heterocycles. The molecule has 1 atom stereocenters. The second-order valence-electron chi connectivity index (χ2n) is 5.05. The molecule has 2 nitrogen and oxygen atoms in total. The normalized spacial score (nSPS) is 11.4. The van der Waals surface area contributed by atoms with E-state index in [1.165, 1.54) is 18.2 Å². The van der Waals surface area contributed by atoms with Crippen LogP contribution in [0.2, 0.25) is 0 Å². The first-order valence-electron chi connectivity index (χ1n) is 6.52. The average molecular weight is 274 g/mol. The van der Waals surface area contributed by atoms with E-state index in [4.69, 9.17) is 4.74 Å². The summed E-state index contributed by atoms with van der Waals surface area (Å²) in [5.41, 5.74) is 0.624. The van der Waals surface area contributed by atoms with Gasteiger partial charge in [-0.05, 0) is 37.0 Å². The fraction of sp³-hybridized carbons (Fsp3) is 0.353. The van der Waals surface area contributed by atoms with E-state index < -0.39 is 17.9 Å². The third-order valence-corrected chi connectivity index (χ3v) is 2.48. The summed E-state index contributed by atoms with van der Waals surface area (Å²) in [6.07, 6.45) is 0.0410. The Morgan fingerprint density at radius 3 is 2.60 bits per heavy atom. The zero-order chi connectivity index (χ0) is 15.1. The first kappa shape index (κ1) is 16.0. The molecule has 0 radical (unpaired) electrons. The van der Waals surface area contributed by atoms with Crippen molar-refractivity contribution in [3.05, 3.63) is 47.8 Å². The number of esters is 1. The number of rotatable bonds is 4. The predicted octanol–water partition coefficient (Wildman–Crippen LogP) is 3.98. The van der Waals surface area contributed by atoms with E-state index in [9.17, 15) is 9.18 Å². The van der Waals surface area contributed by atoms with Crippen LogP contribution in [0, 0.1) is 23.6 Å². The number of carbonyl (C=O) groups is 1. The average Bonchev–Trinajstić information content (AvgIpc) is 2.35. The van der Waals surface area contributed by atoms with Crippen molar-refractivity contribution < 1.29 is 13.9 Å². The van der Waals surface area contributed by atoms with E-state index in [0.29, 0.717) is 17.9 Å². The van der Waals surface area contributed by atoms with Crippen molar-refractivity contribution >= 4 is 5.97 Å². The Morgan fingerprint density at radius 1 is 1.40 bits per heavy atom. The topological polar surface area (TPSA) is 26.3 Å². The van der Waals surface area contributed by atoms with Crippen LogP contribution in [-0.4, -0.2) is 12.1 Å². The molecule has 1 aromatic carbocycles. The highest BCUT2D eigenvalue weighted by atomic mass is 19.1. The number of hydrogen-bond acceptors (Lipinski definition) is 2. The maximum Gasteiger partial charge on any atom is 0.342 e. The predicted molar refractivity (Wildman–Crippen MR) is 77.6 cm³/mol. The van der Waals surface area contributed by atoms with Gasteiger partial charge < -0.3 is 4.74 Å². The summed E-state index contributed by atoms with van der Waals surface area (Å²) in [5.74, 6) is 4.70. The number of carbonyl (C=O) groups excluding carboxylic acids is 1. The Kier molecular flexibility index (Phi) is 5.99. The molecule has 0 saturated heterocycles. The lowest BCUT2D eigenvalue weighted by atomic mass is 10.1. The summed E-state index contributed by atoms with van der Waals surface area (Å²) in [6.45, 7) is 9.47. The third kappa shape index (κ3) is 5.27. The van der Waals surface area contributed by atoms with Crippen LogP contribution in [0.3, 0.4) is 0 Å². The zero-order valence-electron chi connectivity index (χ0n) is 12.1. The quantitative estimate of drug-likeness (QED) is 0.613. The first-order valence-corrected chi connectivity index (χ1v) is 6.52. The summed E-state index contributed by atoms with van der Waals surface area (Å²) in [6, 6.07) is 5.75. The fourth-order valence-electron chi connectivity index (χ4n) is 1.59. The maximum absolute atomic E-state index is 13.5. The van der Waals surface area contributed by atoms with Crippen LogP contribution in [-0.2, 0) is 4.74 Å². The Hall–Kier alpha value is -2.08. The number of allylic oxidation sites excluding steroid dienone is 1. The van der Waals surface area contributed by atoms with Crippen molar-refractivity contribution in [2.45, 2.75) is 33.3 Å². The molecule has 20 heavy (non-hydrogen) atoms. The molecule has 0 aliphatic carbocycles. The summed E-state index contributed by atoms with van der Waals surface area (Å²) in [5, 5.41) is 0. The Labute approximate surface area is 119 Å². The van der Waals surface area contributed by atoms with Crippen LogP contribution < -0.4 is 0 Å². The highest BCUT2D eigenvalue weighted by molar-refractivity contribution is 5.89. The highest BCUT2D eigenvalue weighted by Gasteiger charge is 2.18. The molecule has 0 N–H and O–H groups in total. The molecule has 0 spiro atoms. The largest absolute Gasteiger partial charge is 0.445 e. The third-order valence-electron chi connectivity index (χ3n) is 2.48. The molecule has 0 aliphatic rings. The van der Waals surface area contributed by atoms with E-state index in [1.807, 2.05) is 13.8 Å². The fourth-order valence-corrected chi connectivity index (χ4v) is 1.59. The van der Waals surface area contributed by atoms with Crippen LogP contribution in [0.5, 0.6) is 0 Å². The summed E-state index contributed by atoms with van der Waals surface area (Å²) in [7, 11) is 0. The lowest BCUT2D eigenvalue weighted by Crippen LogP contribution is -2.19. The molecular weight excluding hydrogens is 255 g/mol. The first-order chi connectivity index (χ1) is 9.40. The van der Waals surface area contributed by atoms with Crippen molar-refractivity contribution in [3.63, 3.8) is 0 Å². The van der Waals surface area contributed by atoms with Gasteiger partial charge in [0, 0.05) is 0 Å². The minimum atomic E-state index is -0.690. The van der Waals surface area contributed by atoms with Gasteiger partial charge in [-0.25, -0.2) is 9.18 Å². The second kappa shape index (κ2) is 7.49. The Morgan fingerprint density at radius 2 is 2.05 bits per heavy atom. The van der Waals surface area contributed by atoms with Gasteiger partial charge in [0.25, 0.3) is 0 Å². The van der Waals surface area contributed by atoms with Crippen LogP contribution in [0.4, 0.5) is 4.39 Å². The smallest absolute Gasteiger partial charge is 0.342 e. The minimum Gasteiger partial charge on any atom is -0.445 e. The van der Waals surface area contributed by atoms with Crippen molar-refractivity contribution in [1.82, 2.24) is 0 Å². The van der Waals surface area contributed by atoms with Crippen LogP contribution in [0.25, 0.3) is 0 Å². The van der Waals surface area contributed by atoms with Crippen molar-refractivity contribution in [3.8, 4) is 11.8 Å². The Balaban J connectivity index is 2.85. The van der Waals surface area contributed by atoms with Gasteiger partial charge in [-0.2, -0.15) is 0 Å². The Bertz CT molecular complexity index is 550.